The molecule has 1 aliphatic rings. The van der Waals surface area contributed by atoms with Gasteiger partial charge in [0.1, 0.15) is 5.57 Å². The van der Waals surface area contributed by atoms with Gasteiger partial charge in [-0.2, -0.15) is 0 Å². The number of aromatic nitrogens is 1. The number of aryl methyl sites for hydroxylation is 1. The van der Waals surface area contributed by atoms with E-state index in [0.29, 0.717) is 0 Å². The molecule has 0 radical (unpaired) electrons. The van der Waals surface area contributed by atoms with Crippen molar-refractivity contribution in [3.8, 4) is 0 Å². The number of para-hydroxylation sites is 1. The van der Waals surface area contributed by atoms with Crippen molar-refractivity contribution in [2.75, 3.05) is 0 Å². The summed E-state index contributed by atoms with van der Waals surface area (Å²) in [6.45, 7) is 8.20. The molecule has 1 aromatic heterocycles. The van der Waals surface area contributed by atoms with E-state index in [1.54, 1.807) is 26.8 Å². The largest absolute Gasteiger partial charge is 0.347 e. The summed E-state index contributed by atoms with van der Waals surface area (Å²) in [6.07, 6.45) is 4.50. The number of carbonyl (C=O) groups is 3. The van der Waals surface area contributed by atoms with Crippen molar-refractivity contribution in [2.45, 2.75) is 46.2 Å². The molecular weight excluding hydrogens is 330 g/mol. The topological polar surface area (TPSA) is 71.4 Å². The van der Waals surface area contributed by atoms with Crippen LogP contribution in [0.2, 0.25) is 0 Å². The lowest BCUT2D eigenvalue weighted by molar-refractivity contribution is -0.133. The van der Waals surface area contributed by atoms with Crippen LogP contribution in [0.5, 0.6) is 0 Å². The summed E-state index contributed by atoms with van der Waals surface area (Å²) in [5.41, 5.74) is 1.08. The first-order valence-electron chi connectivity index (χ1n) is 8.73. The van der Waals surface area contributed by atoms with Crippen LogP contribution in [0.25, 0.3) is 17.0 Å². The highest BCUT2D eigenvalue weighted by Gasteiger charge is 2.41. The second-order valence-electron chi connectivity index (χ2n) is 7.42. The molecule has 26 heavy (non-hydrogen) atoms. The number of benzene rings is 1. The fraction of sp³-hybridized carbons (Fsp3) is 0.350. The lowest BCUT2D eigenvalue weighted by atomic mass is 10.0. The number of fused-ring (bicyclic) bond motifs is 1. The molecular formula is C20H23N3O3. The zero-order valence-corrected chi connectivity index (χ0v) is 15.5. The quantitative estimate of drug-likeness (QED) is 0.680. The normalized spacial score (nSPS) is 17.3. The molecule has 136 valence electrons. The van der Waals surface area contributed by atoms with Crippen molar-refractivity contribution < 1.29 is 14.4 Å². The summed E-state index contributed by atoms with van der Waals surface area (Å²) >= 11 is 0. The van der Waals surface area contributed by atoms with Crippen LogP contribution in [0.1, 0.15) is 39.7 Å². The third-order valence-electron chi connectivity index (χ3n) is 4.36. The van der Waals surface area contributed by atoms with Gasteiger partial charge in [0.25, 0.3) is 11.8 Å². The molecule has 0 bridgehead atoms. The monoisotopic (exact) mass is 353 g/mol. The molecule has 6 nitrogen and oxygen atoms in total. The van der Waals surface area contributed by atoms with Gasteiger partial charge in [-0.3, -0.25) is 19.8 Å². The van der Waals surface area contributed by atoms with Gasteiger partial charge < -0.3 is 4.57 Å². The van der Waals surface area contributed by atoms with Gasteiger partial charge in [-0.25, -0.2) is 4.79 Å². The third-order valence-corrected chi connectivity index (χ3v) is 4.36. The molecule has 1 aromatic carbocycles. The van der Waals surface area contributed by atoms with Gasteiger partial charge >= 0.3 is 6.03 Å². The summed E-state index contributed by atoms with van der Waals surface area (Å²) in [4.78, 5) is 38.3. The Morgan fingerprint density at radius 3 is 2.46 bits per heavy atom. The van der Waals surface area contributed by atoms with Gasteiger partial charge in [-0.15, -0.1) is 0 Å². The second kappa shape index (κ2) is 6.44. The maximum absolute atomic E-state index is 12.8. The van der Waals surface area contributed by atoms with Gasteiger partial charge in [-0.05, 0) is 39.3 Å². The molecule has 0 saturated carbocycles. The Kier molecular flexibility index (Phi) is 4.44. The molecule has 0 spiro atoms. The van der Waals surface area contributed by atoms with Crippen LogP contribution in [0, 0.1) is 0 Å². The molecule has 1 aliphatic heterocycles. The number of hydrogen-bond donors (Lipinski definition) is 1. The maximum atomic E-state index is 12.8. The van der Waals surface area contributed by atoms with E-state index in [9.17, 15) is 14.4 Å². The van der Waals surface area contributed by atoms with Crippen LogP contribution in [-0.4, -0.2) is 32.9 Å². The van der Waals surface area contributed by atoms with Gasteiger partial charge in [0, 0.05) is 34.7 Å². The van der Waals surface area contributed by atoms with Crippen molar-refractivity contribution in [2.24, 2.45) is 0 Å². The van der Waals surface area contributed by atoms with E-state index < -0.39 is 23.4 Å². The summed E-state index contributed by atoms with van der Waals surface area (Å²) in [5.74, 6) is -1.23. The van der Waals surface area contributed by atoms with Gasteiger partial charge in [0.05, 0.1) is 0 Å². The van der Waals surface area contributed by atoms with E-state index in [-0.39, 0.29) is 5.57 Å². The molecule has 3 rings (SSSR count). The SMILES string of the molecule is CCCn1cc(C=C2C(=O)NC(=O)N(C(C)(C)C)C2=O)c2ccccc21. The number of amides is 4. The van der Waals surface area contributed by atoms with Crippen molar-refractivity contribution >= 4 is 34.8 Å². The maximum Gasteiger partial charge on any atom is 0.331 e. The molecule has 0 aliphatic carbocycles. The minimum atomic E-state index is -0.725. The number of carbonyl (C=O) groups excluding carboxylic acids is 3. The highest BCUT2D eigenvalue weighted by Crippen LogP contribution is 2.27. The van der Waals surface area contributed by atoms with Crippen molar-refractivity contribution in [1.82, 2.24) is 14.8 Å². The van der Waals surface area contributed by atoms with Gasteiger partial charge in [-0.1, -0.05) is 25.1 Å². The fourth-order valence-corrected chi connectivity index (χ4v) is 3.24. The molecule has 0 unspecified atom stereocenters. The van der Waals surface area contributed by atoms with Gasteiger partial charge in [0.2, 0.25) is 0 Å². The standard InChI is InChI=1S/C20H23N3O3/c1-5-10-22-12-13(14-8-6-7-9-16(14)22)11-15-17(24)21-19(26)23(18(15)25)20(2,3)4/h6-9,11-12H,5,10H2,1-4H3,(H,21,24,26). The average Bonchev–Trinajstić information content (AvgIpc) is 2.88. The van der Waals surface area contributed by atoms with E-state index in [0.717, 1.165) is 34.3 Å². The highest BCUT2D eigenvalue weighted by molar-refractivity contribution is 6.31. The van der Waals surface area contributed by atoms with Crippen LogP contribution < -0.4 is 5.32 Å². The first-order chi connectivity index (χ1) is 12.2. The Hall–Kier alpha value is -2.89. The Morgan fingerprint density at radius 2 is 1.81 bits per heavy atom. The van der Waals surface area contributed by atoms with E-state index in [1.807, 2.05) is 30.5 Å². The van der Waals surface area contributed by atoms with Gasteiger partial charge in [0.15, 0.2) is 0 Å². The van der Waals surface area contributed by atoms with Crippen LogP contribution in [0.15, 0.2) is 36.0 Å². The highest BCUT2D eigenvalue weighted by atomic mass is 16.2. The van der Waals surface area contributed by atoms with Crippen LogP contribution in [0.3, 0.4) is 0 Å². The first-order valence-corrected chi connectivity index (χ1v) is 8.73. The Morgan fingerprint density at radius 1 is 1.12 bits per heavy atom. The predicted octanol–water partition coefficient (Wildman–Crippen LogP) is 3.31. The Balaban J connectivity index is 2.12. The predicted molar refractivity (Wildman–Crippen MR) is 100 cm³/mol. The third kappa shape index (κ3) is 3.03. The number of rotatable bonds is 3. The van der Waals surface area contributed by atoms with Crippen LogP contribution >= 0.6 is 0 Å². The van der Waals surface area contributed by atoms with Crippen molar-refractivity contribution in [3.63, 3.8) is 0 Å². The average molecular weight is 353 g/mol. The minimum absolute atomic E-state index is 0.0288. The lowest BCUT2D eigenvalue weighted by Gasteiger charge is -2.36. The molecule has 0 atom stereocenters. The molecule has 4 amide bonds. The Labute approximate surface area is 152 Å². The number of nitrogens with zero attached hydrogens (tertiary/aromatic N) is 2. The summed E-state index contributed by atoms with van der Waals surface area (Å²) in [7, 11) is 0. The summed E-state index contributed by atoms with van der Waals surface area (Å²) in [5, 5.41) is 3.23. The lowest BCUT2D eigenvalue weighted by Crippen LogP contribution is -2.60. The van der Waals surface area contributed by atoms with E-state index >= 15 is 0 Å². The molecule has 1 saturated heterocycles. The van der Waals surface area contributed by atoms with E-state index in [1.165, 1.54) is 0 Å². The van der Waals surface area contributed by atoms with E-state index in [2.05, 4.69) is 16.8 Å². The molecule has 6 heteroatoms. The Bertz CT molecular complexity index is 931. The van der Waals surface area contributed by atoms with E-state index in [4.69, 9.17) is 0 Å². The van der Waals surface area contributed by atoms with Crippen molar-refractivity contribution in [1.29, 1.82) is 0 Å². The molecule has 1 N–H and O–H groups in total. The minimum Gasteiger partial charge on any atom is -0.347 e. The summed E-state index contributed by atoms with van der Waals surface area (Å²) < 4.78 is 2.11. The first kappa shape index (κ1) is 17.9. The van der Waals surface area contributed by atoms with Crippen LogP contribution in [0.4, 0.5) is 4.79 Å². The molecule has 1 fully saturated rings. The van der Waals surface area contributed by atoms with Crippen molar-refractivity contribution in [3.05, 3.63) is 41.6 Å². The zero-order valence-electron chi connectivity index (χ0n) is 15.5. The number of barbiturate groups is 1. The smallest absolute Gasteiger partial charge is 0.331 e. The number of urea groups is 1. The zero-order chi connectivity index (χ0) is 19.1. The number of imide groups is 2. The molecule has 2 heterocycles. The summed E-state index contributed by atoms with van der Waals surface area (Å²) in [6, 6.07) is 7.18. The second-order valence-corrected chi connectivity index (χ2v) is 7.42. The number of nitrogens with one attached hydrogen (secondary N) is 1. The molecule has 2 aromatic rings. The van der Waals surface area contributed by atoms with Crippen LogP contribution in [-0.2, 0) is 16.1 Å². The number of hydrogen-bond acceptors (Lipinski definition) is 3. The fourth-order valence-electron chi connectivity index (χ4n) is 3.24.